The summed E-state index contributed by atoms with van der Waals surface area (Å²) < 4.78 is 7.15. The fourth-order valence-corrected chi connectivity index (χ4v) is 4.42. The second kappa shape index (κ2) is 8.83. The summed E-state index contributed by atoms with van der Waals surface area (Å²) >= 11 is 0. The number of amides is 1. The average molecular weight is 431 g/mol. The van der Waals surface area contributed by atoms with Crippen molar-refractivity contribution in [2.75, 3.05) is 0 Å². The molecule has 1 N–H and O–H groups in total. The smallest absolute Gasteiger partial charge is 0.326 e. The zero-order valence-electron chi connectivity index (χ0n) is 18.0. The van der Waals surface area contributed by atoms with E-state index in [1.165, 1.54) is 6.92 Å². The van der Waals surface area contributed by atoms with Crippen molar-refractivity contribution in [3.63, 3.8) is 0 Å². The lowest BCUT2D eigenvalue weighted by molar-refractivity contribution is -0.155. The Hall–Kier alpha value is -3.66. The molecule has 0 aliphatic heterocycles. The van der Waals surface area contributed by atoms with E-state index in [4.69, 9.17) is 4.74 Å². The number of benzene rings is 2. The van der Waals surface area contributed by atoms with Crippen molar-refractivity contribution in [1.82, 2.24) is 9.88 Å². The van der Waals surface area contributed by atoms with Gasteiger partial charge in [-0.3, -0.25) is 14.4 Å². The summed E-state index contributed by atoms with van der Waals surface area (Å²) in [5.74, 6) is -1.07. The topological polar surface area (TPSA) is 101 Å². The van der Waals surface area contributed by atoms with E-state index >= 15 is 0 Å². The molecule has 2 aromatic carbocycles. The van der Waals surface area contributed by atoms with Crippen LogP contribution >= 0.6 is 0 Å². The van der Waals surface area contributed by atoms with Gasteiger partial charge in [0.2, 0.25) is 0 Å². The number of nitriles is 1. The van der Waals surface area contributed by atoms with Crippen LogP contribution in [0.4, 0.5) is 0 Å². The van der Waals surface area contributed by atoms with Crippen LogP contribution in [0.5, 0.6) is 0 Å². The first-order valence-corrected chi connectivity index (χ1v) is 10.9. The minimum atomic E-state index is -1.04. The van der Waals surface area contributed by atoms with Crippen molar-refractivity contribution < 1.29 is 14.3 Å². The summed E-state index contributed by atoms with van der Waals surface area (Å²) in [6.45, 7) is 1.35. The van der Waals surface area contributed by atoms with Crippen molar-refractivity contribution in [3.8, 4) is 6.07 Å². The second-order valence-corrected chi connectivity index (χ2v) is 8.33. The molecule has 3 aromatic rings. The number of para-hydroxylation sites is 2. The Bertz CT molecular complexity index is 1220. The Kier molecular flexibility index (Phi) is 5.95. The highest BCUT2D eigenvalue weighted by Gasteiger charge is 2.35. The maximum atomic E-state index is 12.8. The van der Waals surface area contributed by atoms with Gasteiger partial charge in [-0.15, -0.1) is 0 Å². The van der Waals surface area contributed by atoms with Crippen LogP contribution in [0, 0.1) is 11.3 Å². The lowest BCUT2D eigenvalue weighted by Gasteiger charge is -2.32. The molecule has 0 radical (unpaired) electrons. The molecular weight excluding hydrogens is 406 g/mol. The highest BCUT2D eigenvalue weighted by Crippen LogP contribution is 2.27. The molecule has 7 nitrogen and oxygen atoms in total. The first kappa shape index (κ1) is 21.6. The molecule has 164 valence electrons. The zero-order chi connectivity index (χ0) is 22.7. The van der Waals surface area contributed by atoms with E-state index in [1.807, 2.05) is 0 Å². The maximum absolute atomic E-state index is 12.8. The molecule has 1 unspecified atom stereocenters. The average Bonchev–Trinajstić information content (AvgIpc) is 2.82. The molecule has 1 amide bonds. The van der Waals surface area contributed by atoms with Gasteiger partial charge >= 0.3 is 5.97 Å². The number of aromatic nitrogens is 1. The number of carbonyl (C=O) groups excluding carboxylic acids is 2. The van der Waals surface area contributed by atoms with Gasteiger partial charge in [0.1, 0.15) is 12.1 Å². The third-order valence-corrected chi connectivity index (χ3v) is 6.13. The predicted molar refractivity (Wildman–Crippen MR) is 121 cm³/mol. The van der Waals surface area contributed by atoms with Gasteiger partial charge in [0.05, 0.1) is 17.1 Å². The SMILES string of the molecule is CC(OC(=O)Cn1c2ccccc2c(=O)c2ccccc21)C(=O)NC1(C#N)CCCCC1. The largest absolute Gasteiger partial charge is 0.451 e. The third kappa shape index (κ3) is 4.09. The summed E-state index contributed by atoms with van der Waals surface area (Å²) in [5.41, 5.74) is 0.260. The second-order valence-electron chi connectivity index (χ2n) is 8.33. The molecule has 0 saturated heterocycles. The number of ether oxygens (including phenoxy) is 1. The molecular formula is C25H25N3O4. The molecule has 1 saturated carbocycles. The fourth-order valence-electron chi connectivity index (χ4n) is 4.42. The van der Waals surface area contributed by atoms with E-state index in [-0.39, 0.29) is 12.0 Å². The zero-order valence-corrected chi connectivity index (χ0v) is 18.0. The Labute approximate surface area is 185 Å². The lowest BCUT2D eigenvalue weighted by atomic mass is 9.83. The molecule has 1 atom stereocenters. The normalized spacial score (nSPS) is 16.2. The maximum Gasteiger partial charge on any atom is 0.326 e. The quantitative estimate of drug-likeness (QED) is 0.493. The van der Waals surface area contributed by atoms with Gasteiger partial charge in [0.15, 0.2) is 11.5 Å². The van der Waals surface area contributed by atoms with Gasteiger partial charge in [-0.25, -0.2) is 0 Å². The van der Waals surface area contributed by atoms with Gasteiger partial charge in [0, 0.05) is 10.8 Å². The Balaban J connectivity index is 1.55. The van der Waals surface area contributed by atoms with E-state index in [0.29, 0.717) is 34.6 Å². The van der Waals surface area contributed by atoms with Gasteiger partial charge in [-0.2, -0.15) is 5.26 Å². The number of esters is 1. The van der Waals surface area contributed by atoms with Crippen molar-refractivity contribution in [2.24, 2.45) is 0 Å². The van der Waals surface area contributed by atoms with Crippen molar-refractivity contribution in [2.45, 2.75) is 57.2 Å². The summed E-state index contributed by atoms with van der Waals surface area (Å²) in [5, 5.41) is 13.4. The van der Waals surface area contributed by atoms with Gasteiger partial charge < -0.3 is 14.6 Å². The molecule has 1 aromatic heterocycles. The van der Waals surface area contributed by atoms with Crippen LogP contribution in [0.2, 0.25) is 0 Å². The Morgan fingerprint density at radius 1 is 1.06 bits per heavy atom. The standard InChI is InChI=1S/C25H25N3O4/c1-17(24(31)27-25(16-26)13-7-2-8-14-25)32-22(29)15-28-20-11-5-3-9-18(20)23(30)19-10-4-6-12-21(19)28/h3-6,9-12,17H,2,7-8,13-15H2,1H3,(H,27,31). The van der Waals surface area contributed by atoms with Crippen LogP contribution in [0.25, 0.3) is 21.8 Å². The van der Waals surface area contributed by atoms with Crippen LogP contribution in [-0.4, -0.2) is 28.1 Å². The molecule has 7 heteroatoms. The molecule has 0 spiro atoms. The molecule has 0 bridgehead atoms. The van der Waals surface area contributed by atoms with Gasteiger partial charge in [-0.05, 0) is 44.0 Å². The van der Waals surface area contributed by atoms with Crippen molar-refractivity contribution in [1.29, 1.82) is 5.26 Å². The number of nitrogens with zero attached hydrogens (tertiary/aromatic N) is 2. The van der Waals surface area contributed by atoms with Crippen LogP contribution in [-0.2, 0) is 20.9 Å². The minimum absolute atomic E-state index is 0.0946. The van der Waals surface area contributed by atoms with E-state index < -0.39 is 23.5 Å². The first-order chi connectivity index (χ1) is 15.4. The van der Waals surface area contributed by atoms with Crippen LogP contribution in [0.15, 0.2) is 53.3 Å². The van der Waals surface area contributed by atoms with Crippen molar-refractivity contribution >= 4 is 33.7 Å². The van der Waals surface area contributed by atoms with Crippen LogP contribution in [0.1, 0.15) is 39.0 Å². The fraction of sp³-hybridized carbons (Fsp3) is 0.360. The Morgan fingerprint density at radius 2 is 1.62 bits per heavy atom. The monoisotopic (exact) mass is 431 g/mol. The molecule has 4 rings (SSSR count). The summed E-state index contributed by atoms with van der Waals surface area (Å²) in [7, 11) is 0. The number of hydrogen-bond acceptors (Lipinski definition) is 5. The molecule has 1 aliphatic rings. The lowest BCUT2D eigenvalue weighted by Crippen LogP contribution is -2.52. The first-order valence-electron chi connectivity index (χ1n) is 10.9. The highest BCUT2D eigenvalue weighted by molar-refractivity contribution is 5.94. The summed E-state index contributed by atoms with van der Waals surface area (Å²) in [6, 6.07) is 16.4. The number of pyridine rings is 1. The van der Waals surface area contributed by atoms with E-state index in [0.717, 1.165) is 19.3 Å². The molecule has 1 aliphatic carbocycles. The van der Waals surface area contributed by atoms with Gasteiger partial charge in [0.25, 0.3) is 5.91 Å². The highest BCUT2D eigenvalue weighted by atomic mass is 16.5. The predicted octanol–water partition coefficient (Wildman–Crippen LogP) is 3.43. The molecule has 1 heterocycles. The third-order valence-electron chi connectivity index (χ3n) is 6.13. The van der Waals surface area contributed by atoms with Crippen LogP contribution in [0.3, 0.4) is 0 Å². The summed E-state index contributed by atoms with van der Waals surface area (Å²) in [4.78, 5) is 38.3. The minimum Gasteiger partial charge on any atom is -0.451 e. The number of hydrogen-bond donors (Lipinski definition) is 1. The van der Waals surface area contributed by atoms with E-state index in [1.54, 1.807) is 53.1 Å². The molecule has 1 fully saturated rings. The van der Waals surface area contributed by atoms with Crippen molar-refractivity contribution in [3.05, 3.63) is 58.8 Å². The van der Waals surface area contributed by atoms with Gasteiger partial charge in [-0.1, -0.05) is 43.5 Å². The number of nitrogens with one attached hydrogen (secondary N) is 1. The van der Waals surface area contributed by atoms with Crippen LogP contribution < -0.4 is 10.7 Å². The number of carbonyl (C=O) groups is 2. The Morgan fingerprint density at radius 3 is 2.19 bits per heavy atom. The van der Waals surface area contributed by atoms with E-state index in [9.17, 15) is 19.6 Å². The van der Waals surface area contributed by atoms with E-state index in [2.05, 4.69) is 11.4 Å². The number of fused-ring (bicyclic) bond motifs is 2. The number of rotatable bonds is 5. The summed E-state index contributed by atoms with van der Waals surface area (Å²) in [6.07, 6.45) is 2.98. The molecule has 32 heavy (non-hydrogen) atoms.